The van der Waals surface area contributed by atoms with E-state index in [0.717, 1.165) is 42.4 Å². The summed E-state index contributed by atoms with van der Waals surface area (Å²) in [5.74, 6) is -1.94. The van der Waals surface area contributed by atoms with E-state index in [1.807, 2.05) is 54.6 Å². The number of carbonyl (C=O) groups is 4. The van der Waals surface area contributed by atoms with Gasteiger partial charge in [0.05, 0.1) is 6.10 Å². The van der Waals surface area contributed by atoms with Gasteiger partial charge in [0.2, 0.25) is 23.6 Å². The minimum absolute atomic E-state index is 0.00919. The molecule has 2 aliphatic rings. The maximum atomic E-state index is 13.5. The van der Waals surface area contributed by atoms with Crippen LogP contribution >= 0.6 is 0 Å². The number of benzene rings is 2. The Hall–Kier alpha value is -3.72. The molecule has 38 heavy (non-hydrogen) atoms. The zero-order valence-electron chi connectivity index (χ0n) is 21.6. The van der Waals surface area contributed by atoms with Crippen LogP contribution < -0.4 is 16.4 Å². The molecular formula is C29H36N4O5. The first-order chi connectivity index (χ1) is 18.2. The number of nitrogens with two attached hydrogens (primary N) is 1. The van der Waals surface area contributed by atoms with Crippen LogP contribution in [0.25, 0.3) is 11.1 Å². The maximum Gasteiger partial charge on any atom is 0.246 e. The van der Waals surface area contributed by atoms with Gasteiger partial charge in [-0.1, -0.05) is 67.4 Å². The number of aliphatic hydroxyl groups excluding tert-OH is 1. The number of amides is 4. The third-order valence-corrected chi connectivity index (χ3v) is 7.52. The zero-order valence-corrected chi connectivity index (χ0v) is 21.6. The molecule has 1 saturated carbocycles. The molecule has 5 N–H and O–H groups in total. The number of aliphatic hydroxyl groups is 1. The summed E-state index contributed by atoms with van der Waals surface area (Å²) < 4.78 is 0. The zero-order chi connectivity index (χ0) is 27.2. The van der Waals surface area contributed by atoms with Crippen LogP contribution in [0.3, 0.4) is 0 Å². The Balaban J connectivity index is 1.45. The number of carbonyl (C=O) groups excluding carboxylic acids is 4. The summed E-state index contributed by atoms with van der Waals surface area (Å²) in [6.07, 6.45) is 2.95. The highest BCUT2D eigenvalue weighted by molar-refractivity contribution is 5.94. The van der Waals surface area contributed by atoms with Crippen molar-refractivity contribution in [3.8, 4) is 11.1 Å². The summed E-state index contributed by atoms with van der Waals surface area (Å²) in [7, 11) is 0. The highest BCUT2D eigenvalue weighted by Crippen LogP contribution is 2.30. The van der Waals surface area contributed by atoms with Crippen LogP contribution in [0.15, 0.2) is 54.6 Å². The summed E-state index contributed by atoms with van der Waals surface area (Å²) in [6, 6.07) is 14.9. The van der Waals surface area contributed by atoms with E-state index in [0.29, 0.717) is 0 Å². The van der Waals surface area contributed by atoms with Crippen LogP contribution in [0.1, 0.15) is 44.6 Å². The van der Waals surface area contributed by atoms with Gasteiger partial charge in [-0.3, -0.25) is 19.2 Å². The Kier molecular flexibility index (Phi) is 8.78. The van der Waals surface area contributed by atoms with Gasteiger partial charge in [-0.25, -0.2) is 0 Å². The van der Waals surface area contributed by atoms with Crippen molar-refractivity contribution >= 4 is 23.6 Å². The molecule has 1 heterocycles. The molecule has 4 atom stereocenters. The molecule has 2 aromatic carbocycles. The molecule has 9 heteroatoms. The van der Waals surface area contributed by atoms with Crippen molar-refractivity contribution in [1.82, 2.24) is 15.5 Å². The predicted octanol–water partition coefficient (Wildman–Crippen LogP) is 1.52. The molecule has 4 rings (SSSR count). The summed E-state index contributed by atoms with van der Waals surface area (Å²) in [5.41, 5.74) is 8.54. The number of nitrogens with one attached hydrogen (secondary N) is 2. The lowest BCUT2D eigenvalue weighted by Crippen LogP contribution is -2.57. The normalized spacial score (nSPS) is 21.1. The number of likely N-dealkylation sites (tertiary alicyclic amines) is 1. The fourth-order valence-corrected chi connectivity index (χ4v) is 5.57. The van der Waals surface area contributed by atoms with E-state index in [4.69, 9.17) is 5.73 Å². The van der Waals surface area contributed by atoms with Crippen molar-refractivity contribution in [2.45, 2.75) is 69.7 Å². The van der Waals surface area contributed by atoms with E-state index in [9.17, 15) is 24.3 Å². The molecule has 202 valence electrons. The molecule has 9 nitrogen and oxygen atoms in total. The van der Waals surface area contributed by atoms with Gasteiger partial charge in [0.25, 0.3) is 0 Å². The van der Waals surface area contributed by atoms with Crippen molar-refractivity contribution in [3.05, 3.63) is 60.2 Å². The molecule has 0 spiro atoms. The van der Waals surface area contributed by atoms with Gasteiger partial charge in [-0.05, 0) is 35.4 Å². The predicted molar refractivity (Wildman–Crippen MR) is 142 cm³/mol. The van der Waals surface area contributed by atoms with E-state index < -0.39 is 36.0 Å². The smallest absolute Gasteiger partial charge is 0.246 e. The van der Waals surface area contributed by atoms with Crippen LogP contribution in [0.5, 0.6) is 0 Å². The molecular weight excluding hydrogens is 484 g/mol. The molecule has 4 amide bonds. The van der Waals surface area contributed by atoms with Gasteiger partial charge in [0.1, 0.15) is 18.1 Å². The number of β-amino-alcohol motifs (C(OH)–C–C–N with tert-alkyl or cyclic N) is 1. The fourth-order valence-electron chi connectivity index (χ4n) is 5.57. The van der Waals surface area contributed by atoms with Crippen molar-refractivity contribution in [2.24, 2.45) is 11.7 Å². The third-order valence-electron chi connectivity index (χ3n) is 7.52. The summed E-state index contributed by atoms with van der Waals surface area (Å²) >= 11 is 0. The maximum absolute atomic E-state index is 13.5. The van der Waals surface area contributed by atoms with Crippen molar-refractivity contribution < 1.29 is 24.3 Å². The molecule has 0 radical (unpaired) electrons. The standard InChI is InChI=1S/C29H36N4O5/c1-18(34)31-26(22-9-5-6-10-22)29(38)33-17-23(35)16-25(33)28(37)32-24(27(30)36)15-19-11-13-21(14-12-19)20-7-3-2-4-8-20/h2-4,7-8,11-14,22-26,35H,5-6,9-10,15-17H2,1H3,(H2,30,36)(H,31,34)(H,32,37)/t23-,24-,25+,26+/m1/s1. The highest BCUT2D eigenvalue weighted by Gasteiger charge is 2.44. The summed E-state index contributed by atoms with van der Waals surface area (Å²) in [6.45, 7) is 1.35. The van der Waals surface area contributed by atoms with E-state index in [1.54, 1.807) is 0 Å². The first kappa shape index (κ1) is 27.3. The second-order valence-corrected chi connectivity index (χ2v) is 10.3. The molecule has 1 aliphatic heterocycles. The molecule has 2 aromatic rings. The second-order valence-electron chi connectivity index (χ2n) is 10.3. The van der Waals surface area contributed by atoms with Crippen LogP contribution in [-0.4, -0.2) is 64.4 Å². The molecule has 0 aromatic heterocycles. The Bertz CT molecular complexity index is 1150. The molecule has 2 fully saturated rings. The third kappa shape index (κ3) is 6.58. The Labute approximate surface area is 222 Å². The number of rotatable bonds is 9. The van der Waals surface area contributed by atoms with Gasteiger partial charge in [-0.15, -0.1) is 0 Å². The Morgan fingerprint density at radius 2 is 1.61 bits per heavy atom. The molecule has 1 saturated heterocycles. The van der Waals surface area contributed by atoms with Gasteiger partial charge in [0, 0.05) is 26.3 Å². The van der Waals surface area contributed by atoms with Crippen molar-refractivity contribution in [2.75, 3.05) is 6.54 Å². The van der Waals surface area contributed by atoms with E-state index >= 15 is 0 Å². The van der Waals surface area contributed by atoms with E-state index in [-0.39, 0.29) is 37.1 Å². The number of hydrogen-bond donors (Lipinski definition) is 4. The lowest BCUT2D eigenvalue weighted by atomic mass is 9.96. The first-order valence-corrected chi connectivity index (χ1v) is 13.2. The Morgan fingerprint density at radius 1 is 0.974 bits per heavy atom. The van der Waals surface area contributed by atoms with Gasteiger partial charge in [-0.2, -0.15) is 0 Å². The van der Waals surface area contributed by atoms with E-state index in [1.165, 1.54) is 11.8 Å². The largest absolute Gasteiger partial charge is 0.391 e. The van der Waals surface area contributed by atoms with Crippen LogP contribution in [0, 0.1) is 5.92 Å². The SMILES string of the molecule is CC(=O)N[C@H](C(=O)N1C[C@H](O)C[C@H]1C(=O)N[C@H](Cc1ccc(-c2ccccc2)cc1)C(N)=O)C1CCCC1. The lowest BCUT2D eigenvalue weighted by molar-refractivity contribution is -0.143. The fraction of sp³-hybridized carbons (Fsp3) is 0.448. The van der Waals surface area contributed by atoms with Crippen LogP contribution in [0.4, 0.5) is 0 Å². The van der Waals surface area contributed by atoms with Crippen molar-refractivity contribution in [3.63, 3.8) is 0 Å². The first-order valence-electron chi connectivity index (χ1n) is 13.2. The summed E-state index contributed by atoms with van der Waals surface area (Å²) in [5, 5.41) is 15.8. The average Bonchev–Trinajstić information content (AvgIpc) is 3.57. The summed E-state index contributed by atoms with van der Waals surface area (Å²) in [4.78, 5) is 52.3. The quantitative estimate of drug-likeness (QED) is 0.397. The van der Waals surface area contributed by atoms with Crippen LogP contribution in [0.2, 0.25) is 0 Å². The number of nitrogens with zero attached hydrogens (tertiary/aromatic N) is 1. The monoisotopic (exact) mass is 520 g/mol. The minimum atomic E-state index is -0.985. The Morgan fingerprint density at radius 3 is 2.21 bits per heavy atom. The van der Waals surface area contributed by atoms with Crippen molar-refractivity contribution in [1.29, 1.82) is 0 Å². The van der Waals surface area contributed by atoms with Gasteiger partial charge < -0.3 is 26.4 Å². The molecule has 0 bridgehead atoms. The van der Waals surface area contributed by atoms with Crippen LogP contribution in [-0.2, 0) is 25.6 Å². The minimum Gasteiger partial charge on any atom is -0.391 e. The average molecular weight is 521 g/mol. The van der Waals surface area contributed by atoms with Gasteiger partial charge >= 0.3 is 0 Å². The van der Waals surface area contributed by atoms with Gasteiger partial charge in [0.15, 0.2) is 0 Å². The molecule has 0 unspecified atom stereocenters. The number of hydrogen-bond acceptors (Lipinski definition) is 5. The topological polar surface area (TPSA) is 142 Å². The number of primary amides is 1. The highest BCUT2D eigenvalue weighted by atomic mass is 16.3. The van der Waals surface area contributed by atoms with E-state index in [2.05, 4.69) is 10.6 Å². The second kappa shape index (κ2) is 12.2. The molecule has 1 aliphatic carbocycles. The lowest BCUT2D eigenvalue weighted by Gasteiger charge is -2.31.